The summed E-state index contributed by atoms with van der Waals surface area (Å²) in [7, 11) is 0. The Hall–Kier alpha value is -1.42. The van der Waals surface area contributed by atoms with E-state index < -0.39 is 0 Å². The zero-order valence-corrected chi connectivity index (χ0v) is 11.7. The van der Waals surface area contributed by atoms with Crippen molar-refractivity contribution in [1.82, 2.24) is 4.90 Å². The smallest absolute Gasteiger partial charge is 0.252 e. The highest BCUT2D eigenvalue weighted by molar-refractivity contribution is 7.80. The van der Waals surface area contributed by atoms with E-state index >= 15 is 0 Å². The van der Waals surface area contributed by atoms with Crippen molar-refractivity contribution in [3.63, 3.8) is 0 Å². The average Bonchev–Trinajstić information content (AvgIpc) is 2.76. The number of nitrogens with zero attached hydrogens (tertiary/aromatic N) is 2. The van der Waals surface area contributed by atoms with Crippen molar-refractivity contribution in [2.45, 2.75) is 38.1 Å². The maximum atomic E-state index is 12.2. The second-order valence-corrected chi connectivity index (χ2v) is 5.63. The second-order valence-electron chi connectivity index (χ2n) is 5.27. The van der Waals surface area contributed by atoms with Gasteiger partial charge in [-0.25, -0.2) is 0 Å². The summed E-state index contributed by atoms with van der Waals surface area (Å²) in [5.41, 5.74) is 0.885. The van der Waals surface area contributed by atoms with Gasteiger partial charge in [0.05, 0.1) is 5.69 Å². The van der Waals surface area contributed by atoms with E-state index in [4.69, 9.17) is 12.2 Å². The molecule has 0 unspecified atom stereocenters. The van der Waals surface area contributed by atoms with E-state index in [-0.39, 0.29) is 5.91 Å². The molecule has 1 heterocycles. The topological polar surface area (TPSA) is 23.6 Å². The number of carbonyl (C=O) groups excluding carboxylic acids is 1. The van der Waals surface area contributed by atoms with Crippen LogP contribution in [0.4, 0.5) is 5.69 Å². The molecule has 1 aliphatic carbocycles. The highest BCUT2D eigenvalue weighted by Crippen LogP contribution is 2.28. The zero-order valence-electron chi connectivity index (χ0n) is 10.9. The van der Waals surface area contributed by atoms with Crippen LogP contribution in [0.25, 0.3) is 0 Å². The van der Waals surface area contributed by atoms with Crippen LogP contribution in [0.1, 0.15) is 32.1 Å². The summed E-state index contributed by atoms with van der Waals surface area (Å²) in [6.45, 7) is 0.443. The van der Waals surface area contributed by atoms with Crippen molar-refractivity contribution in [2.24, 2.45) is 0 Å². The SMILES string of the molecule is O=C1CN(C2CCCCC2)C(=S)N1c1ccccc1. The molecular formula is C15H18N2OS. The first-order chi connectivity index (χ1) is 9.27. The first-order valence-electron chi connectivity index (χ1n) is 6.96. The summed E-state index contributed by atoms with van der Waals surface area (Å²) in [5.74, 6) is 0.0989. The number of hydrogen-bond acceptors (Lipinski definition) is 2. The first kappa shape index (κ1) is 12.6. The number of anilines is 1. The molecule has 1 amide bonds. The van der Waals surface area contributed by atoms with Gasteiger partial charge in [-0.15, -0.1) is 0 Å². The molecule has 2 fully saturated rings. The zero-order chi connectivity index (χ0) is 13.2. The third-order valence-electron chi connectivity index (χ3n) is 4.02. The van der Waals surface area contributed by atoms with E-state index in [2.05, 4.69) is 4.90 Å². The van der Waals surface area contributed by atoms with Crippen LogP contribution in [0, 0.1) is 0 Å². The molecule has 2 aliphatic rings. The molecule has 1 aromatic rings. The minimum Gasteiger partial charge on any atom is -0.336 e. The molecule has 3 rings (SSSR count). The fourth-order valence-corrected chi connectivity index (χ4v) is 3.45. The van der Waals surface area contributed by atoms with Gasteiger partial charge in [0.25, 0.3) is 5.91 Å². The van der Waals surface area contributed by atoms with Gasteiger partial charge in [0.15, 0.2) is 5.11 Å². The van der Waals surface area contributed by atoms with Crippen molar-refractivity contribution < 1.29 is 4.79 Å². The number of amides is 1. The Labute approximate surface area is 119 Å². The third kappa shape index (κ3) is 2.37. The van der Waals surface area contributed by atoms with Crippen molar-refractivity contribution in [1.29, 1.82) is 0 Å². The lowest BCUT2D eigenvalue weighted by molar-refractivity contribution is -0.116. The van der Waals surface area contributed by atoms with Crippen LogP contribution in [0.2, 0.25) is 0 Å². The van der Waals surface area contributed by atoms with Crippen molar-refractivity contribution in [3.05, 3.63) is 30.3 Å². The Morgan fingerprint density at radius 1 is 1.05 bits per heavy atom. The summed E-state index contributed by atoms with van der Waals surface area (Å²) < 4.78 is 0. The molecule has 1 aromatic carbocycles. The lowest BCUT2D eigenvalue weighted by Crippen LogP contribution is -2.40. The minimum atomic E-state index is 0.0989. The summed E-state index contributed by atoms with van der Waals surface area (Å²) in [4.78, 5) is 16.0. The second kappa shape index (κ2) is 5.29. The van der Waals surface area contributed by atoms with E-state index in [1.165, 1.54) is 19.3 Å². The number of carbonyl (C=O) groups is 1. The Morgan fingerprint density at radius 3 is 2.42 bits per heavy atom. The summed E-state index contributed by atoms with van der Waals surface area (Å²) >= 11 is 5.53. The molecule has 100 valence electrons. The van der Waals surface area contributed by atoms with E-state index in [9.17, 15) is 4.79 Å². The maximum absolute atomic E-state index is 12.2. The fourth-order valence-electron chi connectivity index (χ4n) is 3.03. The minimum absolute atomic E-state index is 0.0989. The molecule has 1 aliphatic heterocycles. The molecule has 4 heteroatoms. The van der Waals surface area contributed by atoms with Crippen LogP contribution < -0.4 is 4.90 Å². The molecule has 3 nitrogen and oxygen atoms in total. The van der Waals surface area contributed by atoms with Gasteiger partial charge in [0.2, 0.25) is 0 Å². The number of hydrogen-bond donors (Lipinski definition) is 0. The maximum Gasteiger partial charge on any atom is 0.252 e. The van der Waals surface area contributed by atoms with Crippen LogP contribution in [-0.4, -0.2) is 28.5 Å². The van der Waals surface area contributed by atoms with Crippen molar-refractivity contribution >= 4 is 28.9 Å². The van der Waals surface area contributed by atoms with Gasteiger partial charge >= 0.3 is 0 Å². The van der Waals surface area contributed by atoms with Gasteiger partial charge in [0.1, 0.15) is 6.54 Å². The largest absolute Gasteiger partial charge is 0.336 e. The molecule has 0 N–H and O–H groups in total. The molecule has 1 saturated carbocycles. The highest BCUT2D eigenvalue weighted by Gasteiger charge is 2.37. The summed E-state index contributed by atoms with van der Waals surface area (Å²) in [6, 6.07) is 10.2. The first-order valence-corrected chi connectivity index (χ1v) is 7.37. The van der Waals surface area contributed by atoms with Crippen LogP contribution in [0.5, 0.6) is 0 Å². The molecule has 19 heavy (non-hydrogen) atoms. The standard InChI is InChI=1S/C15H18N2OS/c18-14-11-16(12-7-3-1-4-8-12)15(19)17(14)13-9-5-2-6-10-13/h2,5-6,9-10,12H,1,3-4,7-8,11H2. The summed E-state index contributed by atoms with van der Waals surface area (Å²) in [5, 5.41) is 0.683. The van der Waals surface area contributed by atoms with Crippen LogP contribution in [0.3, 0.4) is 0 Å². The van der Waals surface area contributed by atoms with Crippen LogP contribution in [-0.2, 0) is 4.79 Å². The molecule has 0 bridgehead atoms. The molecule has 0 radical (unpaired) electrons. The van der Waals surface area contributed by atoms with Crippen LogP contribution in [0.15, 0.2) is 30.3 Å². The van der Waals surface area contributed by atoms with Crippen molar-refractivity contribution in [3.8, 4) is 0 Å². The molecule has 0 aromatic heterocycles. The molecular weight excluding hydrogens is 256 g/mol. The van der Waals surface area contributed by atoms with Crippen LogP contribution >= 0.6 is 12.2 Å². The Kier molecular flexibility index (Phi) is 3.51. The van der Waals surface area contributed by atoms with Gasteiger partial charge in [-0.2, -0.15) is 0 Å². The quantitative estimate of drug-likeness (QED) is 0.775. The van der Waals surface area contributed by atoms with E-state index in [1.54, 1.807) is 4.90 Å². The van der Waals surface area contributed by atoms with Gasteiger partial charge < -0.3 is 4.90 Å². The monoisotopic (exact) mass is 274 g/mol. The van der Waals surface area contributed by atoms with Gasteiger partial charge in [-0.3, -0.25) is 9.69 Å². The average molecular weight is 274 g/mol. The third-order valence-corrected chi connectivity index (χ3v) is 4.44. The van der Waals surface area contributed by atoms with Gasteiger partial charge in [0, 0.05) is 6.04 Å². The Morgan fingerprint density at radius 2 is 1.74 bits per heavy atom. The van der Waals surface area contributed by atoms with E-state index in [0.717, 1.165) is 18.5 Å². The normalized spacial score (nSPS) is 21.3. The predicted octanol–water partition coefficient (Wildman–Crippen LogP) is 2.95. The number of rotatable bonds is 2. The lowest BCUT2D eigenvalue weighted by Gasteiger charge is -2.31. The van der Waals surface area contributed by atoms with Crippen molar-refractivity contribution in [2.75, 3.05) is 11.4 Å². The van der Waals surface area contributed by atoms with E-state index in [0.29, 0.717) is 17.7 Å². The van der Waals surface area contributed by atoms with E-state index in [1.807, 2.05) is 30.3 Å². The molecule has 1 saturated heterocycles. The van der Waals surface area contributed by atoms with Gasteiger partial charge in [-0.05, 0) is 37.2 Å². The number of para-hydroxylation sites is 1. The lowest BCUT2D eigenvalue weighted by atomic mass is 9.94. The Bertz CT molecular complexity index is 482. The molecule has 0 atom stereocenters. The number of thiocarbonyl (C=S) groups is 1. The Balaban J connectivity index is 1.81. The number of benzene rings is 1. The van der Waals surface area contributed by atoms with Gasteiger partial charge in [-0.1, -0.05) is 37.5 Å². The fraction of sp³-hybridized carbons (Fsp3) is 0.467. The molecule has 0 spiro atoms. The summed E-state index contributed by atoms with van der Waals surface area (Å²) in [6.07, 6.45) is 6.15. The highest BCUT2D eigenvalue weighted by atomic mass is 32.1. The predicted molar refractivity (Wildman–Crippen MR) is 80.1 cm³/mol.